The van der Waals surface area contributed by atoms with Crippen LogP contribution in [0.2, 0.25) is 0 Å². The number of fused-ring (bicyclic) bond motifs is 2. The molecule has 2 aliphatic rings. The maximum absolute atomic E-state index is 11.9. The Morgan fingerprint density at radius 3 is 2.77 bits per heavy atom. The Bertz CT molecular complexity index is 607. The number of para-hydroxylation sites is 1. The zero-order valence-electron chi connectivity index (χ0n) is 13.6. The van der Waals surface area contributed by atoms with Gasteiger partial charge >= 0.3 is 0 Å². The fraction of sp³-hybridized carbons (Fsp3) is 0.556. The van der Waals surface area contributed by atoms with Crippen molar-refractivity contribution in [3.63, 3.8) is 0 Å². The Labute approximate surface area is 131 Å². The van der Waals surface area contributed by atoms with Gasteiger partial charge in [0.15, 0.2) is 6.61 Å². The first-order valence-corrected chi connectivity index (χ1v) is 8.02. The summed E-state index contributed by atoms with van der Waals surface area (Å²) in [5.74, 6) is 1.79. The maximum Gasteiger partial charge on any atom is 0.277 e. The van der Waals surface area contributed by atoms with Crippen LogP contribution in [0.25, 0.3) is 0 Å². The van der Waals surface area contributed by atoms with Gasteiger partial charge < -0.3 is 4.74 Å². The number of nitrogens with one attached hydrogen (secondary N) is 1. The van der Waals surface area contributed by atoms with Gasteiger partial charge in [0.25, 0.3) is 5.91 Å². The molecule has 2 fully saturated rings. The second kappa shape index (κ2) is 5.75. The molecule has 0 spiro atoms. The number of hydrogen-bond donors (Lipinski definition) is 1. The van der Waals surface area contributed by atoms with E-state index in [1.54, 1.807) is 0 Å². The summed E-state index contributed by atoms with van der Waals surface area (Å²) in [5, 5.41) is 4.37. The van der Waals surface area contributed by atoms with E-state index in [4.69, 9.17) is 4.74 Å². The van der Waals surface area contributed by atoms with Gasteiger partial charge in [0.05, 0.1) is 0 Å². The molecule has 0 saturated heterocycles. The van der Waals surface area contributed by atoms with Crippen LogP contribution in [-0.2, 0) is 4.79 Å². The van der Waals surface area contributed by atoms with Gasteiger partial charge in [-0.05, 0) is 49.1 Å². The van der Waals surface area contributed by atoms with Gasteiger partial charge in [-0.25, -0.2) is 5.43 Å². The molecule has 0 heterocycles. The minimum absolute atomic E-state index is 0.000872. The van der Waals surface area contributed by atoms with E-state index in [0.717, 1.165) is 29.4 Å². The molecule has 118 valence electrons. The number of nitrogens with zero attached hydrogens (tertiary/aromatic N) is 1. The van der Waals surface area contributed by atoms with Crippen molar-refractivity contribution in [3.8, 4) is 5.75 Å². The third-order valence-electron chi connectivity index (χ3n) is 5.39. The quantitative estimate of drug-likeness (QED) is 0.867. The molecular formula is C18H24N2O2. The number of carbonyl (C=O) groups is 1. The molecule has 4 nitrogen and oxygen atoms in total. The van der Waals surface area contributed by atoms with Gasteiger partial charge in [-0.2, -0.15) is 5.10 Å². The monoisotopic (exact) mass is 300 g/mol. The minimum atomic E-state index is -0.198. The number of benzene rings is 1. The maximum atomic E-state index is 11.9. The van der Waals surface area contributed by atoms with Crippen LogP contribution < -0.4 is 10.2 Å². The van der Waals surface area contributed by atoms with E-state index in [-0.39, 0.29) is 12.5 Å². The first-order valence-electron chi connectivity index (χ1n) is 8.02. The number of carbonyl (C=O) groups excluding carboxylic acids is 1. The Balaban J connectivity index is 1.53. The molecular weight excluding hydrogens is 276 g/mol. The molecule has 1 aromatic carbocycles. The van der Waals surface area contributed by atoms with Gasteiger partial charge in [0.1, 0.15) is 5.75 Å². The molecule has 3 rings (SSSR count). The lowest BCUT2D eigenvalue weighted by Gasteiger charge is -2.22. The SMILES string of the molecule is Cc1ccccc1OCC(=O)N/N=C1/C[C@H]2CC[C@H]1C2(C)C. The second-order valence-corrected chi connectivity index (χ2v) is 7.04. The number of aryl methyl sites for hydroxylation is 1. The first kappa shape index (κ1) is 15.1. The van der Waals surface area contributed by atoms with Gasteiger partial charge in [-0.15, -0.1) is 0 Å². The average molecular weight is 300 g/mol. The Hall–Kier alpha value is -1.84. The summed E-state index contributed by atoms with van der Waals surface area (Å²) in [6, 6.07) is 7.68. The van der Waals surface area contributed by atoms with E-state index in [2.05, 4.69) is 24.4 Å². The van der Waals surface area contributed by atoms with Gasteiger partial charge in [0.2, 0.25) is 0 Å². The van der Waals surface area contributed by atoms with Crippen molar-refractivity contribution < 1.29 is 9.53 Å². The van der Waals surface area contributed by atoms with E-state index in [1.807, 2.05) is 31.2 Å². The third kappa shape index (κ3) is 2.74. The van der Waals surface area contributed by atoms with Gasteiger partial charge in [-0.1, -0.05) is 32.0 Å². The molecule has 1 aromatic rings. The summed E-state index contributed by atoms with van der Waals surface area (Å²) in [5.41, 5.74) is 5.18. The number of amides is 1. The molecule has 22 heavy (non-hydrogen) atoms. The number of ether oxygens (including phenoxy) is 1. The lowest BCUT2D eigenvalue weighted by atomic mass is 9.82. The van der Waals surface area contributed by atoms with Crippen LogP contribution >= 0.6 is 0 Å². The summed E-state index contributed by atoms with van der Waals surface area (Å²) in [7, 11) is 0. The van der Waals surface area contributed by atoms with Crippen molar-refractivity contribution >= 4 is 11.6 Å². The molecule has 0 unspecified atom stereocenters. The molecule has 4 heteroatoms. The van der Waals surface area contributed by atoms with Crippen molar-refractivity contribution in [2.75, 3.05) is 6.61 Å². The molecule has 0 aromatic heterocycles. The number of rotatable bonds is 4. The van der Waals surface area contributed by atoms with Crippen LogP contribution in [0.3, 0.4) is 0 Å². The van der Waals surface area contributed by atoms with E-state index in [9.17, 15) is 4.79 Å². The lowest BCUT2D eigenvalue weighted by Crippen LogP contribution is -2.27. The van der Waals surface area contributed by atoms with Crippen molar-refractivity contribution in [2.45, 2.75) is 40.0 Å². The summed E-state index contributed by atoms with van der Waals surface area (Å²) < 4.78 is 5.54. The number of hydrazone groups is 1. The van der Waals surface area contributed by atoms with Crippen molar-refractivity contribution in [1.82, 2.24) is 5.43 Å². The highest BCUT2D eigenvalue weighted by molar-refractivity contribution is 5.92. The van der Waals surface area contributed by atoms with Gasteiger partial charge in [-0.3, -0.25) is 4.79 Å². The predicted octanol–water partition coefficient (Wildman–Crippen LogP) is 3.30. The van der Waals surface area contributed by atoms with Crippen molar-refractivity contribution in [2.24, 2.45) is 22.4 Å². The van der Waals surface area contributed by atoms with Crippen LogP contribution in [0.4, 0.5) is 0 Å². The van der Waals surface area contributed by atoms with Crippen LogP contribution in [0, 0.1) is 24.2 Å². The van der Waals surface area contributed by atoms with Crippen LogP contribution in [0.15, 0.2) is 29.4 Å². The Morgan fingerprint density at radius 2 is 2.14 bits per heavy atom. The largest absolute Gasteiger partial charge is 0.483 e. The second-order valence-electron chi connectivity index (χ2n) is 7.04. The lowest BCUT2D eigenvalue weighted by molar-refractivity contribution is -0.123. The highest BCUT2D eigenvalue weighted by Gasteiger charge is 2.51. The standard InChI is InChI=1S/C18H24N2O2/c1-12-6-4-5-7-16(12)22-11-17(21)20-19-15-10-13-8-9-14(15)18(13,2)3/h4-7,13-14H,8-11H2,1-3H3,(H,20,21)/b19-15-/t13-,14-/m1/s1. The average Bonchev–Trinajstić information content (AvgIpc) is 2.92. The highest BCUT2D eigenvalue weighted by Crippen LogP contribution is 2.55. The summed E-state index contributed by atoms with van der Waals surface area (Å²) in [6.07, 6.45) is 3.52. The van der Waals surface area contributed by atoms with Crippen LogP contribution in [0.1, 0.15) is 38.7 Å². The van der Waals surface area contributed by atoms with Gasteiger partial charge in [0, 0.05) is 11.6 Å². The molecule has 1 N–H and O–H groups in total. The van der Waals surface area contributed by atoms with E-state index in [0.29, 0.717) is 11.3 Å². The first-order chi connectivity index (χ1) is 10.5. The van der Waals surface area contributed by atoms with Crippen LogP contribution in [-0.4, -0.2) is 18.2 Å². The molecule has 1 amide bonds. The predicted molar refractivity (Wildman–Crippen MR) is 86.9 cm³/mol. The summed E-state index contributed by atoms with van der Waals surface area (Å²) >= 11 is 0. The molecule has 2 atom stereocenters. The molecule has 2 aliphatic carbocycles. The zero-order chi connectivity index (χ0) is 15.7. The topological polar surface area (TPSA) is 50.7 Å². The summed E-state index contributed by atoms with van der Waals surface area (Å²) in [6.45, 7) is 6.60. The fourth-order valence-electron chi connectivity index (χ4n) is 3.90. The highest BCUT2D eigenvalue weighted by atomic mass is 16.5. The van der Waals surface area contributed by atoms with E-state index < -0.39 is 0 Å². The normalized spacial score (nSPS) is 27.1. The summed E-state index contributed by atoms with van der Waals surface area (Å²) in [4.78, 5) is 11.9. The third-order valence-corrected chi connectivity index (χ3v) is 5.39. The smallest absolute Gasteiger partial charge is 0.277 e. The number of hydrogen-bond acceptors (Lipinski definition) is 3. The van der Waals surface area contributed by atoms with Crippen molar-refractivity contribution in [1.29, 1.82) is 0 Å². The molecule has 0 radical (unpaired) electrons. The van der Waals surface area contributed by atoms with E-state index >= 15 is 0 Å². The minimum Gasteiger partial charge on any atom is -0.483 e. The molecule has 0 aliphatic heterocycles. The van der Waals surface area contributed by atoms with Crippen molar-refractivity contribution in [3.05, 3.63) is 29.8 Å². The van der Waals surface area contributed by atoms with E-state index in [1.165, 1.54) is 12.8 Å². The molecule has 2 bridgehead atoms. The fourth-order valence-corrected chi connectivity index (χ4v) is 3.90. The zero-order valence-corrected chi connectivity index (χ0v) is 13.6. The van der Waals surface area contributed by atoms with Crippen LogP contribution in [0.5, 0.6) is 5.75 Å². The Morgan fingerprint density at radius 1 is 1.36 bits per heavy atom. The molecule has 2 saturated carbocycles. The Kier molecular flexibility index (Phi) is 3.94.